The molecule has 1 heterocycles. The molecule has 2 rings (SSSR count). The summed E-state index contributed by atoms with van der Waals surface area (Å²) in [6, 6.07) is 3.46. The van der Waals surface area contributed by atoms with Crippen LogP contribution in [0.1, 0.15) is 5.56 Å². The normalized spacial score (nSPS) is 15.8. The van der Waals surface area contributed by atoms with Gasteiger partial charge in [0.15, 0.2) is 0 Å². The fraction of sp³-hybridized carbons (Fsp3) is 0.273. The van der Waals surface area contributed by atoms with Crippen LogP contribution in [0.5, 0.6) is 0 Å². The average Bonchev–Trinajstić information content (AvgIpc) is 2.69. The highest BCUT2D eigenvalue weighted by Gasteiger charge is 2.31. The molecule has 0 bridgehead atoms. The minimum Gasteiger partial charge on any atom is -0.397 e. The number of hydrogen-bond acceptors (Lipinski definition) is 2. The highest BCUT2D eigenvalue weighted by atomic mass is 19.4. The summed E-state index contributed by atoms with van der Waals surface area (Å²) in [4.78, 5) is 1.91. The Balaban J connectivity index is 2.30. The first-order chi connectivity index (χ1) is 7.48. The quantitative estimate of drug-likeness (QED) is 0.591. The molecule has 0 amide bonds. The molecule has 86 valence electrons. The maximum atomic E-state index is 12.4. The molecule has 0 unspecified atom stereocenters. The predicted octanol–water partition coefficient (Wildman–Crippen LogP) is 2.66. The van der Waals surface area contributed by atoms with E-state index in [1.807, 2.05) is 17.1 Å². The van der Waals surface area contributed by atoms with Crippen LogP contribution in [0.25, 0.3) is 0 Å². The van der Waals surface area contributed by atoms with Gasteiger partial charge in [-0.05, 0) is 18.2 Å². The monoisotopic (exact) mass is 228 g/mol. The Hall–Kier alpha value is -1.65. The lowest BCUT2D eigenvalue weighted by atomic mass is 10.1. The molecule has 1 aliphatic rings. The van der Waals surface area contributed by atoms with Crippen LogP contribution >= 0.6 is 0 Å². The first kappa shape index (κ1) is 10.9. The first-order valence-electron chi connectivity index (χ1n) is 4.85. The van der Waals surface area contributed by atoms with Crippen molar-refractivity contribution in [3.8, 4) is 0 Å². The zero-order chi connectivity index (χ0) is 11.8. The van der Waals surface area contributed by atoms with E-state index in [0.717, 1.165) is 12.1 Å². The summed E-state index contributed by atoms with van der Waals surface area (Å²) in [7, 11) is 0. The van der Waals surface area contributed by atoms with Gasteiger partial charge in [-0.3, -0.25) is 0 Å². The summed E-state index contributed by atoms with van der Waals surface area (Å²) in [5.41, 5.74) is 5.74. The van der Waals surface area contributed by atoms with Crippen LogP contribution in [0.15, 0.2) is 30.4 Å². The number of nitrogens with two attached hydrogens (primary N) is 1. The van der Waals surface area contributed by atoms with Crippen molar-refractivity contribution in [2.24, 2.45) is 0 Å². The van der Waals surface area contributed by atoms with E-state index in [0.29, 0.717) is 18.8 Å². The van der Waals surface area contributed by atoms with Crippen molar-refractivity contribution in [1.29, 1.82) is 0 Å². The minimum absolute atomic E-state index is 0.165. The molecule has 0 saturated carbocycles. The van der Waals surface area contributed by atoms with Gasteiger partial charge in [0.1, 0.15) is 0 Å². The van der Waals surface area contributed by atoms with E-state index in [4.69, 9.17) is 5.73 Å². The maximum absolute atomic E-state index is 12.4. The Kier molecular flexibility index (Phi) is 2.53. The highest BCUT2D eigenvalue weighted by Crippen LogP contribution is 2.34. The van der Waals surface area contributed by atoms with Gasteiger partial charge in [0, 0.05) is 13.1 Å². The number of hydrogen-bond donors (Lipinski definition) is 1. The van der Waals surface area contributed by atoms with Crippen molar-refractivity contribution in [3.63, 3.8) is 0 Å². The lowest BCUT2D eigenvalue weighted by Gasteiger charge is -2.20. The van der Waals surface area contributed by atoms with Gasteiger partial charge in [-0.2, -0.15) is 13.2 Å². The Labute approximate surface area is 91.2 Å². The number of alkyl halides is 3. The third-order valence-electron chi connectivity index (χ3n) is 2.51. The fourth-order valence-electron chi connectivity index (χ4n) is 1.69. The largest absolute Gasteiger partial charge is 0.416 e. The summed E-state index contributed by atoms with van der Waals surface area (Å²) >= 11 is 0. The van der Waals surface area contributed by atoms with Crippen LogP contribution in [-0.2, 0) is 6.18 Å². The summed E-state index contributed by atoms with van der Waals surface area (Å²) in [5, 5.41) is 0. The van der Waals surface area contributed by atoms with Crippen molar-refractivity contribution >= 4 is 11.4 Å². The summed E-state index contributed by atoms with van der Waals surface area (Å²) < 4.78 is 37.2. The summed E-state index contributed by atoms with van der Waals surface area (Å²) in [5.74, 6) is 0. The van der Waals surface area contributed by atoms with Crippen molar-refractivity contribution in [3.05, 3.63) is 35.9 Å². The van der Waals surface area contributed by atoms with Gasteiger partial charge < -0.3 is 10.6 Å². The van der Waals surface area contributed by atoms with Gasteiger partial charge in [-0.15, -0.1) is 0 Å². The molecular weight excluding hydrogens is 217 g/mol. The van der Waals surface area contributed by atoms with E-state index in [1.54, 1.807) is 0 Å². The zero-order valence-corrected chi connectivity index (χ0v) is 8.46. The Morgan fingerprint density at radius 2 is 1.75 bits per heavy atom. The lowest BCUT2D eigenvalue weighted by molar-refractivity contribution is -0.137. The minimum atomic E-state index is -4.34. The van der Waals surface area contributed by atoms with Crippen molar-refractivity contribution < 1.29 is 13.2 Å². The van der Waals surface area contributed by atoms with Gasteiger partial charge in [0.05, 0.1) is 16.9 Å². The van der Waals surface area contributed by atoms with Crippen LogP contribution in [0.3, 0.4) is 0 Å². The van der Waals surface area contributed by atoms with Crippen molar-refractivity contribution in [2.75, 3.05) is 23.7 Å². The summed E-state index contributed by atoms with van der Waals surface area (Å²) in [6.07, 6.45) is -0.426. The Bertz CT molecular complexity index is 416. The van der Waals surface area contributed by atoms with Gasteiger partial charge in [0.2, 0.25) is 0 Å². The summed E-state index contributed by atoms with van der Waals surface area (Å²) in [6.45, 7) is 1.38. The number of nitrogen functional groups attached to an aromatic ring is 1. The van der Waals surface area contributed by atoms with E-state index in [-0.39, 0.29) is 5.69 Å². The van der Waals surface area contributed by atoms with Crippen molar-refractivity contribution in [2.45, 2.75) is 6.18 Å². The molecule has 0 aliphatic carbocycles. The van der Waals surface area contributed by atoms with Crippen LogP contribution < -0.4 is 10.6 Å². The van der Waals surface area contributed by atoms with Crippen molar-refractivity contribution in [1.82, 2.24) is 0 Å². The number of anilines is 2. The SMILES string of the molecule is Nc1cc(C(F)(F)F)ccc1N1CC=CC1. The Morgan fingerprint density at radius 1 is 1.12 bits per heavy atom. The Morgan fingerprint density at radius 3 is 2.25 bits per heavy atom. The predicted molar refractivity (Wildman–Crippen MR) is 57.2 cm³/mol. The van der Waals surface area contributed by atoms with E-state index >= 15 is 0 Å². The number of halogens is 3. The average molecular weight is 228 g/mol. The molecule has 2 N–H and O–H groups in total. The standard InChI is InChI=1S/C11H11F3N2/c12-11(13,14)8-3-4-10(9(15)7-8)16-5-1-2-6-16/h1-4,7H,5-6,15H2. The topological polar surface area (TPSA) is 29.3 Å². The zero-order valence-electron chi connectivity index (χ0n) is 8.46. The third kappa shape index (κ3) is 1.98. The van der Waals surface area contributed by atoms with Gasteiger partial charge in [-0.1, -0.05) is 12.2 Å². The van der Waals surface area contributed by atoms with Gasteiger partial charge in [-0.25, -0.2) is 0 Å². The van der Waals surface area contributed by atoms with Gasteiger partial charge >= 0.3 is 6.18 Å². The van der Waals surface area contributed by atoms with Crippen LogP contribution in [0.2, 0.25) is 0 Å². The van der Waals surface area contributed by atoms with E-state index in [1.165, 1.54) is 6.07 Å². The molecule has 5 heteroatoms. The van der Waals surface area contributed by atoms with E-state index in [2.05, 4.69) is 0 Å². The van der Waals surface area contributed by atoms with Crippen LogP contribution in [-0.4, -0.2) is 13.1 Å². The fourth-order valence-corrected chi connectivity index (χ4v) is 1.69. The molecule has 1 aromatic carbocycles. The van der Waals surface area contributed by atoms with Gasteiger partial charge in [0.25, 0.3) is 0 Å². The van der Waals surface area contributed by atoms with Crippen LogP contribution in [0.4, 0.5) is 24.5 Å². The molecule has 1 aromatic rings. The highest BCUT2D eigenvalue weighted by molar-refractivity contribution is 5.69. The molecular formula is C11H11F3N2. The molecule has 0 fully saturated rings. The number of nitrogens with zero attached hydrogens (tertiary/aromatic N) is 1. The molecule has 0 aromatic heterocycles. The molecule has 0 spiro atoms. The molecule has 0 saturated heterocycles. The second-order valence-corrected chi connectivity index (χ2v) is 3.65. The molecule has 0 radical (unpaired) electrons. The molecule has 1 aliphatic heterocycles. The smallest absolute Gasteiger partial charge is 0.397 e. The lowest BCUT2D eigenvalue weighted by Crippen LogP contribution is -2.20. The van der Waals surface area contributed by atoms with E-state index < -0.39 is 11.7 Å². The second-order valence-electron chi connectivity index (χ2n) is 3.65. The van der Waals surface area contributed by atoms with Crippen LogP contribution in [0, 0.1) is 0 Å². The number of rotatable bonds is 1. The number of benzene rings is 1. The molecule has 16 heavy (non-hydrogen) atoms. The third-order valence-corrected chi connectivity index (χ3v) is 2.51. The second kappa shape index (κ2) is 3.73. The van der Waals surface area contributed by atoms with E-state index in [9.17, 15) is 13.2 Å². The molecule has 2 nitrogen and oxygen atoms in total. The first-order valence-corrected chi connectivity index (χ1v) is 4.85. The molecule has 0 atom stereocenters. The maximum Gasteiger partial charge on any atom is 0.416 e.